The van der Waals surface area contributed by atoms with E-state index in [0.29, 0.717) is 11.3 Å². The molecule has 0 aliphatic heterocycles. The molecule has 0 fully saturated rings. The molecule has 6 heteroatoms. The Morgan fingerprint density at radius 1 is 1.28 bits per heavy atom. The molecule has 1 unspecified atom stereocenters. The van der Waals surface area contributed by atoms with E-state index >= 15 is 0 Å². The van der Waals surface area contributed by atoms with Gasteiger partial charge in [0.1, 0.15) is 11.8 Å². The summed E-state index contributed by atoms with van der Waals surface area (Å²) in [6.07, 6.45) is 0. The van der Waals surface area contributed by atoms with Gasteiger partial charge < -0.3 is 14.6 Å². The number of benzene rings is 1. The second-order valence-corrected chi connectivity index (χ2v) is 3.50. The molecule has 18 heavy (non-hydrogen) atoms. The van der Waals surface area contributed by atoms with E-state index in [1.807, 2.05) is 0 Å². The van der Waals surface area contributed by atoms with Crippen LogP contribution in [0, 0.1) is 0 Å². The third kappa shape index (κ3) is 3.74. The van der Waals surface area contributed by atoms with Gasteiger partial charge in [0.05, 0.1) is 20.8 Å². The van der Waals surface area contributed by atoms with Gasteiger partial charge in [-0.25, -0.2) is 4.79 Å². The van der Waals surface area contributed by atoms with E-state index in [0.717, 1.165) is 0 Å². The molecule has 0 heterocycles. The summed E-state index contributed by atoms with van der Waals surface area (Å²) in [7, 11) is 2.79. The number of nitrogens with one attached hydrogen (secondary N) is 1. The summed E-state index contributed by atoms with van der Waals surface area (Å²) in [5.74, 6) is -0.931. The monoisotopic (exact) mass is 253 g/mol. The van der Waals surface area contributed by atoms with Gasteiger partial charge in [-0.1, -0.05) is 12.1 Å². The smallest absolute Gasteiger partial charge is 0.327 e. The van der Waals surface area contributed by atoms with Gasteiger partial charge in [-0.2, -0.15) is 0 Å². The first-order valence-corrected chi connectivity index (χ1v) is 5.25. The lowest BCUT2D eigenvalue weighted by atomic mass is 10.1. The number of hydrogen-bond donors (Lipinski definition) is 2. The maximum atomic E-state index is 11.6. The van der Waals surface area contributed by atoms with E-state index in [1.54, 1.807) is 24.3 Å². The number of ether oxygens (including phenoxy) is 2. The molecule has 1 atom stereocenters. The van der Waals surface area contributed by atoms with Crippen LogP contribution in [0.1, 0.15) is 11.6 Å². The fraction of sp³-hybridized carbons (Fsp3) is 0.333. The quantitative estimate of drug-likeness (QED) is 0.721. The highest BCUT2D eigenvalue weighted by molar-refractivity contribution is 5.78. The molecule has 0 saturated heterocycles. The van der Waals surface area contributed by atoms with E-state index in [-0.39, 0.29) is 6.54 Å². The van der Waals surface area contributed by atoms with Crippen molar-refractivity contribution in [1.29, 1.82) is 0 Å². The maximum absolute atomic E-state index is 11.6. The minimum absolute atomic E-state index is 0.328. The molecule has 6 nitrogen and oxygen atoms in total. The lowest BCUT2D eigenvalue weighted by Gasteiger charge is -2.15. The molecule has 0 bridgehead atoms. The van der Waals surface area contributed by atoms with Crippen LogP contribution in [-0.4, -0.2) is 37.8 Å². The van der Waals surface area contributed by atoms with E-state index in [1.165, 1.54) is 14.2 Å². The molecule has 0 aliphatic rings. The third-order valence-corrected chi connectivity index (χ3v) is 2.34. The molecule has 2 N–H and O–H groups in total. The zero-order valence-corrected chi connectivity index (χ0v) is 10.2. The van der Waals surface area contributed by atoms with Crippen molar-refractivity contribution in [3.63, 3.8) is 0 Å². The zero-order chi connectivity index (χ0) is 13.5. The van der Waals surface area contributed by atoms with Gasteiger partial charge in [0.15, 0.2) is 0 Å². The highest BCUT2D eigenvalue weighted by atomic mass is 16.5. The van der Waals surface area contributed by atoms with Gasteiger partial charge in [-0.05, 0) is 17.7 Å². The Kier molecular flexibility index (Phi) is 5.13. The van der Waals surface area contributed by atoms with Crippen LogP contribution >= 0.6 is 0 Å². The Morgan fingerprint density at radius 2 is 1.89 bits per heavy atom. The molecule has 1 rings (SSSR count). The Morgan fingerprint density at radius 3 is 2.33 bits per heavy atom. The molecule has 0 aromatic heterocycles. The number of methoxy groups -OCH3 is 2. The SMILES string of the molecule is COC(=O)C(NCC(=O)O)c1ccc(OC)cc1. The number of aliphatic carboxylic acids is 1. The fourth-order valence-corrected chi connectivity index (χ4v) is 1.44. The molecule has 0 amide bonds. The number of carboxylic acid groups (broad SMARTS) is 1. The van der Waals surface area contributed by atoms with Gasteiger partial charge in [0, 0.05) is 0 Å². The first-order chi connectivity index (χ1) is 8.58. The van der Waals surface area contributed by atoms with Crippen molar-refractivity contribution in [1.82, 2.24) is 5.32 Å². The lowest BCUT2D eigenvalue weighted by molar-refractivity contribution is -0.143. The lowest BCUT2D eigenvalue weighted by Crippen LogP contribution is -2.33. The molecule has 1 aromatic rings. The highest BCUT2D eigenvalue weighted by Crippen LogP contribution is 2.18. The van der Waals surface area contributed by atoms with Crippen molar-refractivity contribution in [2.24, 2.45) is 0 Å². The van der Waals surface area contributed by atoms with Crippen LogP contribution in [0.2, 0.25) is 0 Å². The van der Waals surface area contributed by atoms with Crippen molar-refractivity contribution in [2.75, 3.05) is 20.8 Å². The number of carbonyl (C=O) groups is 2. The molecule has 0 radical (unpaired) electrons. The summed E-state index contributed by atoms with van der Waals surface area (Å²) in [6.45, 7) is -0.328. The Balaban J connectivity index is 2.86. The van der Waals surface area contributed by atoms with Crippen molar-refractivity contribution in [3.8, 4) is 5.75 Å². The summed E-state index contributed by atoms with van der Waals surface area (Å²) < 4.78 is 9.63. The van der Waals surface area contributed by atoms with Crippen molar-refractivity contribution in [2.45, 2.75) is 6.04 Å². The predicted molar refractivity (Wildman–Crippen MR) is 63.4 cm³/mol. The van der Waals surface area contributed by atoms with Gasteiger partial charge in [0.25, 0.3) is 0 Å². The fourth-order valence-electron chi connectivity index (χ4n) is 1.44. The Hall–Kier alpha value is -2.08. The van der Waals surface area contributed by atoms with Crippen molar-refractivity contribution in [3.05, 3.63) is 29.8 Å². The molecule has 98 valence electrons. The number of hydrogen-bond acceptors (Lipinski definition) is 5. The molecule has 0 aliphatic carbocycles. The molecular formula is C12H15NO5. The summed E-state index contributed by atoms with van der Waals surface area (Å²) in [5, 5.41) is 11.2. The normalized spacial score (nSPS) is 11.7. The van der Waals surface area contributed by atoms with Gasteiger partial charge in [-0.3, -0.25) is 10.1 Å². The molecule has 0 spiro atoms. The van der Waals surface area contributed by atoms with E-state index in [9.17, 15) is 9.59 Å². The van der Waals surface area contributed by atoms with Crippen LogP contribution in [-0.2, 0) is 14.3 Å². The van der Waals surface area contributed by atoms with Crippen LogP contribution in [0.25, 0.3) is 0 Å². The van der Waals surface area contributed by atoms with Crippen molar-refractivity contribution < 1.29 is 24.2 Å². The van der Waals surface area contributed by atoms with E-state index in [2.05, 4.69) is 10.1 Å². The predicted octanol–water partition coefficient (Wildman–Crippen LogP) is 0.583. The van der Waals surface area contributed by atoms with Gasteiger partial charge >= 0.3 is 11.9 Å². The van der Waals surface area contributed by atoms with Gasteiger partial charge in [0.2, 0.25) is 0 Å². The molecule has 0 saturated carbocycles. The summed E-state index contributed by atoms with van der Waals surface area (Å²) in [5.41, 5.74) is 0.615. The number of rotatable bonds is 6. The Bertz CT molecular complexity index is 415. The second-order valence-electron chi connectivity index (χ2n) is 3.50. The highest BCUT2D eigenvalue weighted by Gasteiger charge is 2.21. The zero-order valence-electron chi connectivity index (χ0n) is 10.2. The van der Waals surface area contributed by atoms with E-state index in [4.69, 9.17) is 9.84 Å². The second kappa shape index (κ2) is 6.61. The first-order valence-electron chi connectivity index (χ1n) is 5.25. The number of carbonyl (C=O) groups excluding carboxylic acids is 1. The average Bonchev–Trinajstić information content (AvgIpc) is 2.39. The van der Waals surface area contributed by atoms with Crippen LogP contribution in [0.3, 0.4) is 0 Å². The summed E-state index contributed by atoms with van der Waals surface area (Å²) in [6, 6.07) is 5.92. The Labute approximate surface area is 105 Å². The summed E-state index contributed by atoms with van der Waals surface area (Å²) in [4.78, 5) is 22.1. The number of esters is 1. The molecule has 1 aromatic carbocycles. The van der Waals surface area contributed by atoms with Crippen LogP contribution < -0.4 is 10.1 Å². The maximum Gasteiger partial charge on any atom is 0.327 e. The first kappa shape index (κ1) is 14.0. The van der Waals surface area contributed by atoms with Crippen LogP contribution in [0.15, 0.2) is 24.3 Å². The number of carboxylic acids is 1. The third-order valence-electron chi connectivity index (χ3n) is 2.34. The van der Waals surface area contributed by atoms with Crippen LogP contribution in [0.5, 0.6) is 5.75 Å². The molecular weight excluding hydrogens is 238 g/mol. The van der Waals surface area contributed by atoms with E-state index < -0.39 is 18.0 Å². The summed E-state index contributed by atoms with van der Waals surface area (Å²) >= 11 is 0. The van der Waals surface area contributed by atoms with Crippen LogP contribution in [0.4, 0.5) is 0 Å². The average molecular weight is 253 g/mol. The standard InChI is InChI=1S/C12H15NO5/c1-17-9-5-3-8(4-6-9)11(12(16)18-2)13-7-10(14)15/h3-6,11,13H,7H2,1-2H3,(H,14,15). The minimum Gasteiger partial charge on any atom is -0.497 e. The van der Waals surface area contributed by atoms with Crippen molar-refractivity contribution >= 4 is 11.9 Å². The topological polar surface area (TPSA) is 84.9 Å². The largest absolute Gasteiger partial charge is 0.497 e. The van der Waals surface area contributed by atoms with Gasteiger partial charge in [-0.15, -0.1) is 0 Å². The minimum atomic E-state index is -1.04.